The normalized spacial score (nSPS) is 18.2. The average molecular weight is 413 g/mol. The van der Waals surface area contributed by atoms with Crippen LogP contribution in [0.3, 0.4) is 0 Å². The molecule has 0 aromatic heterocycles. The highest BCUT2D eigenvalue weighted by molar-refractivity contribution is 7.89. The van der Waals surface area contributed by atoms with E-state index in [0.29, 0.717) is 10.0 Å². The van der Waals surface area contributed by atoms with Gasteiger partial charge in [0.1, 0.15) is 0 Å². The number of halogens is 2. The summed E-state index contributed by atoms with van der Waals surface area (Å²) < 4.78 is 27.2. The Morgan fingerprint density at radius 2 is 1.81 bits per heavy atom. The van der Waals surface area contributed by atoms with E-state index in [2.05, 4.69) is 9.62 Å². The van der Waals surface area contributed by atoms with Crippen LogP contribution in [0.25, 0.3) is 0 Å². The van der Waals surface area contributed by atoms with Gasteiger partial charge in [-0.3, -0.25) is 0 Å². The van der Waals surface area contributed by atoms with Gasteiger partial charge in [0.05, 0.1) is 4.90 Å². The van der Waals surface area contributed by atoms with Crippen molar-refractivity contribution in [1.29, 1.82) is 0 Å². The van der Waals surface area contributed by atoms with Gasteiger partial charge in [-0.1, -0.05) is 35.3 Å². The number of likely N-dealkylation sites (N-methyl/N-ethyl adjacent to an activating group) is 1. The second kappa shape index (κ2) is 7.49. The third kappa shape index (κ3) is 4.07. The predicted octanol–water partition coefficient (Wildman–Crippen LogP) is 4.26. The molecule has 1 N–H and O–H groups in total. The van der Waals surface area contributed by atoms with Crippen LogP contribution in [0, 0.1) is 0 Å². The smallest absolute Gasteiger partial charge is 0.240 e. The lowest BCUT2D eigenvalue weighted by atomic mass is 9.85. The minimum absolute atomic E-state index is 0.0924. The molecule has 0 saturated heterocycles. The van der Waals surface area contributed by atoms with Crippen LogP contribution in [0.2, 0.25) is 10.0 Å². The third-order valence-electron chi connectivity index (χ3n) is 4.48. The molecule has 1 atom stereocenters. The van der Waals surface area contributed by atoms with E-state index in [1.54, 1.807) is 32.0 Å². The first-order chi connectivity index (χ1) is 12.2. The van der Waals surface area contributed by atoms with Crippen molar-refractivity contribution in [2.24, 2.45) is 0 Å². The molecule has 1 unspecified atom stereocenters. The molecule has 0 fully saturated rings. The number of hydrogen-bond donors (Lipinski definition) is 1. The Morgan fingerprint density at radius 1 is 1.15 bits per heavy atom. The van der Waals surface area contributed by atoms with Gasteiger partial charge in [-0.25, -0.2) is 13.1 Å². The van der Waals surface area contributed by atoms with Gasteiger partial charge in [0.15, 0.2) is 0 Å². The molecule has 0 bridgehead atoms. The van der Waals surface area contributed by atoms with E-state index >= 15 is 0 Å². The van der Waals surface area contributed by atoms with Crippen molar-refractivity contribution < 1.29 is 8.42 Å². The highest BCUT2D eigenvalue weighted by Crippen LogP contribution is 2.38. The number of nitrogens with one attached hydrogen (secondary N) is 1. The number of benzene rings is 2. The second-order valence-electron chi connectivity index (χ2n) is 7.05. The first-order valence-corrected chi connectivity index (χ1v) is 10.7. The van der Waals surface area contributed by atoms with Gasteiger partial charge >= 0.3 is 0 Å². The zero-order valence-corrected chi connectivity index (χ0v) is 17.3. The fraction of sp³-hybridized carbons (Fsp3) is 0.368. The highest BCUT2D eigenvalue weighted by Gasteiger charge is 2.27. The zero-order valence-electron chi connectivity index (χ0n) is 15.0. The van der Waals surface area contributed by atoms with Crippen LogP contribution in [0.15, 0.2) is 41.3 Å². The van der Waals surface area contributed by atoms with Gasteiger partial charge in [0.25, 0.3) is 0 Å². The Hall–Kier alpha value is -1.11. The standard InChI is InChI=1S/C19H22Cl2N2O2S/c1-12(2)22-26(24,25)15-6-4-13(5-7-15)17-10-23(3)11-18-16(17)8-14(20)9-19(18)21/h4-9,12,17,22H,10-11H2,1-3H3. The Kier molecular flexibility index (Phi) is 5.66. The number of hydrogen-bond acceptors (Lipinski definition) is 3. The largest absolute Gasteiger partial charge is 0.301 e. The van der Waals surface area contributed by atoms with E-state index in [9.17, 15) is 8.42 Å². The summed E-state index contributed by atoms with van der Waals surface area (Å²) >= 11 is 12.6. The maximum Gasteiger partial charge on any atom is 0.240 e. The molecule has 0 saturated carbocycles. The topological polar surface area (TPSA) is 49.4 Å². The van der Waals surface area contributed by atoms with Crippen LogP contribution >= 0.6 is 23.2 Å². The quantitative estimate of drug-likeness (QED) is 0.815. The maximum absolute atomic E-state index is 12.3. The summed E-state index contributed by atoms with van der Waals surface area (Å²) in [5.74, 6) is 0.0924. The molecule has 3 rings (SSSR count). The predicted molar refractivity (Wildman–Crippen MR) is 107 cm³/mol. The molecule has 4 nitrogen and oxygen atoms in total. The number of sulfonamides is 1. The second-order valence-corrected chi connectivity index (χ2v) is 9.61. The summed E-state index contributed by atoms with van der Waals surface area (Å²) in [6, 6.07) is 10.6. The van der Waals surface area contributed by atoms with Gasteiger partial charge in [0, 0.05) is 35.1 Å². The summed E-state index contributed by atoms with van der Waals surface area (Å²) in [6.45, 7) is 5.19. The molecular weight excluding hydrogens is 391 g/mol. The van der Waals surface area contributed by atoms with Gasteiger partial charge in [0.2, 0.25) is 10.0 Å². The summed E-state index contributed by atoms with van der Waals surface area (Å²) in [5.41, 5.74) is 3.23. The Labute approximate surface area is 165 Å². The van der Waals surface area contributed by atoms with Crippen molar-refractivity contribution in [3.05, 3.63) is 63.1 Å². The van der Waals surface area contributed by atoms with Crippen molar-refractivity contribution in [2.75, 3.05) is 13.6 Å². The van der Waals surface area contributed by atoms with Crippen molar-refractivity contribution in [2.45, 2.75) is 37.2 Å². The van der Waals surface area contributed by atoms with E-state index in [-0.39, 0.29) is 16.9 Å². The molecule has 1 aliphatic heterocycles. The molecule has 0 amide bonds. The summed E-state index contributed by atoms with van der Waals surface area (Å²) in [7, 11) is -1.45. The molecule has 26 heavy (non-hydrogen) atoms. The van der Waals surface area contributed by atoms with Crippen molar-refractivity contribution >= 4 is 33.2 Å². The van der Waals surface area contributed by atoms with Gasteiger partial charge in [-0.15, -0.1) is 0 Å². The van der Waals surface area contributed by atoms with E-state index in [0.717, 1.165) is 29.8 Å². The minimum atomic E-state index is -3.49. The van der Waals surface area contributed by atoms with Crippen molar-refractivity contribution in [1.82, 2.24) is 9.62 Å². The Morgan fingerprint density at radius 3 is 2.42 bits per heavy atom. The molecule has 140 valence electrons. The molecule has 1 heterocycles. The van der Waals surface area contributed by atoms with Gasteiger partial charge in [-0.05, 0) is 61.9 Å². The third-order valence-corrected chi connectivity index (χ3v) is 6.71. The molecule has 0 spiro atoms. The molecule has 2 aromatic carbocycles. The van der Waals surface area contributed by atoms with Crippen LogP contribution in [0.1, 0.15) is 36.5 Å². The van der Waals surface area contributed by atoms with Crippen molar-refractivity contribution in [3.63, 3.8) is 0 Å². The van der Waals surface area contributed by atoms with Crippen LogP contribution in [0.4, 0.5) is 0 Å². The van der Waals surface area contributed by atoms with Gasteiger partial charge in [-0.2, -0.15) is 0 Å². The summed E-state index contributed by atoms with van der Waals surface area (Å²) in [4.78, 5) is 2.47. The van der Waals surface area contributed by atoms with E-state index in [4.69, 9.17) is 23.2 Å². The molecule has 2 aromatic rings. The lowest BCUT2D eigenvalue weighted by Crippen LogP contribution is -2.31. The monoisotopic (exact) mass is 412 g/mol. The number of nitrogens with zero attached hydrogens (tertiary/aromatic N) is 1. The van der Waals surface area contributed by atoms with E-state index < -0.39 is 10.0 Å². The fourth-order valence-electron chi connectivity index (χ4n) is 3.39. The van der Waals surface area contributed by atoms with Crippen molar-refractivity contribution in [3.8, 4) is 0 Å². The fourth-order valence-corrected chi connectivity index (χ4v) is 5.21. The molecule has 0 radical (unpaired) electrons. The van der Waals surface area contributed by atoms with Crippen LogP contribution in [0.5, 0.6) is 0 Å². The van der Waals surface area contributed by atoms with Gasteiger partial charge < -0.3 is 4.90 Å². The summed E-state index contributed by atoms with van der Waals surface area (Å²) in [5, 5.41) is 1.29. The van der Waals surface area contributed by atoms with E-state index in [1.807, 2.05) is 25.2 Å². The molecule has 0 aliphatic carbocycles. The maximum atomic E-state index is 12.3. The molecule has 1 aliphatic rings. The zero-order chi connectivity index (χ0) is 19.1. The van der Waals surface area contributed by atoms with Crippen LogP contribution < -0.4 is 4.72 Å². The van der Waals surface area contributed by atoms with Crippen LogP contribution in [-0.2, 0) is 16.6 Å². The molecule has 7 heteroatoms. The average Bonchev–Trinajstić information content (AvgIpc) is 2.54. The lowest BCUT2D eigenvalue weighted by Gasteiger charge is -2.33. The first-order valence-electron chi connectivity index (χ1n) is 8.46. The number of fused-ring (bicyclic) bond motifs is 1. The molecular formula is C19H22Cl2N2O2S. The first kappa shape index (κ1) is 19.6. The lowest BCUT2D eigenvalue weighted by molar-refractivity contribution is 0.295. The highest BCUT2D eigenvalue weighted by atomic mass is 35.5. The SMILES string of the molecule is CC(C)NS(=O)(=O)c1ccc(C2CN(C)Cc3c(Cl)cc(Cl)cc32)cc1. The minimum Gasteiger partial charge on any atom is -0.301 e. The number of rotatable bonds is 4. The Bertz CT molecular complexity index is 912. The van der Waals surface area contributed by atoms with Crippen LogP contribution in [-0.4, -0.2) is 33.0 Å². The summed E-state index contributed by atoms with van der Waals surface area (Å²) in [6.07, 6.45) is 0. The van der Waals surface area contributed by atoms with E-state index in [1.165, 1.54) is 0 Å². The Balaban J connectivity index is 1.98.